The zero-order valence-electron chi connectivity index (χ0n) is 18.0. The van der Waals surface area contributed by atoms with E-state index in [2.05, 4.69) is 4.90 Å². The molecule has 0 aliphatic carbocycles. The van der Waals surface area contributed by atoms with Gasteiger partial charge in [-0.05, 0) is 61.4 Å². The molecule has 1 fully saturated rings. The van der Waals surface area contributed by atoms with Crippen LogP contribution in [0.4, 0.5) is 11.4 Å². The van der Waals surface area contributed by atoms with Crippen LogP contribution in [0.3, 0.4) is 0 Å². The monoisotopic (exact) mass is 431 g/mol. The van der Waals surface area contributed by atoms with Crippen molar-refractivity contribution in [3.63, 3.8) is 0 Å². The first-order valence-corrected chi connectivity index (χ1v) is 11.7. The van der Waals surface area contributed by atoms with Crippen LogP contribution in [-0.2, 0) is 14.8 Å². The molecule has 0 N–H and O–H groups in total. The molecule has 162 valence electrons. The summed E-state index contributed by atoms with van der Waals surface area (Å²) in [7, 11) is -1.95. The summed E-state index contributed by atoms with van der Waals surface area (Å²) in [5.41, 5.74) is 3.52. The molecule has 2 aromatic rings. The summed E-state index contributed by atoms with van der Waals surface area (Å²) in [4.78, 5) is 16.9. The number of amides is 1. The van der Waals surface area contributed by atoms with Gasteiger partial charge in [-0.2, -0.15) is 0 Å². The van der Waals surface area contributed by atoms with Crippen LogP contribution in [-0.4, -0.2) is 65.3 Å². The van der Waals surface area contributed by atoms with Gasteiger partial charge in [-0.15, -0.1) is 0 Å². The van der Waals surface area contributed by atoms with Gasteiger partial charge in [-0.3, -0.25) is 9.10 Å². The molecule has 1 saturated heterocycles. The molecule has 1 aliphatic heterocycles. The highest BCUT2D eigenvalue weighted by molar-refractivity contribution is 7.92. The molecule has 1 heterocycles. The van der Waals surface area contributed by atoms with Crippen molar-refractivity contribution in [2.45, 2.75) is 13.8 Å². The average molecular weight is 432 g/mol. The molecule has 0 bridgehead atoms. The zero-order valence-corrected chi connectivity index (χ0v) is 18.8. The van der Waals surface area contributed by atoms with Gasteiger partial charge >= 0.3 is 0 Å². The van der Waals surface area contributed by atoms with Crippen LogP contribution in [0.15, 0.2) is 42.5 Å². The van der Waals surface area contributed by atoms with Crippen molar-refractivity contribution in [1.29, 1.82) is 0 Å². The lowest BCUT2D eigenvalue weighted by molar-refractivity contribution is -0.129. The molecule has 30 heavy (non-hydrogen) atoms. The summed E-state index contributed by atoms with van der Waals surface area (Å²) in [6.07, 6.45) is 1.14. The van der Waals surface area contributed by atoms with Crippen molar-refractivity contribution in [3.05, 3.63) is 53.6 Å². The Balaban J connectivity index is 1.67. The molecule has 1 amide bonds. The summed E-state index contributed by atoms with van der Waals surface area (Å²) in [6.45, 7) is 6.13. The third kappa shape index (κ3) is 5.24. The molecule has 3 rings (SSSR count). The second kappa shape index (κ2) is 8.95. The number of benzene rings is 2. The molecule has 8 heteroatoms. The number of piperazine rings is 1. The highest BCUT2D eigenvalue weighted by Gasteiger charge is 2.27. The molecule has 2 aromatic carbocycles. The van der Waals surface area contributed by atoms with E-state index in [0.717, 1.165) is 28.8 Å². The Hall–Kier alpha value is -2.74. The Kier molecular flexibility index (Phi) is 6.55. The number of methoxy groups -OCH3 is 1. The van der Waals surface area contributed by atoms with E-state index in [-0.39, 0.29) is 12.5 Å². The number of hydrogen-bond donors (Lipinski definition) is 0. The molecule has 0 unspecified atom stereocenters. The summed E-state index contributed by atoms with van der Waals surface area (Å²) >= 11 is 0. The number of aryl methyl sites for hydroxylation is 2. The first-order valence-electron chi connectivity index (χ1n) is 9.90. The lowest BCUT2D eigenvalue weighted by Gasteiger charge is -2.37. The van der Waals surface area contributed by atoms with Crippen LogP contribution < -0.4 is 13.9 Å². The Morgan fingerprint density at radius 1 is 1.00 bits per heavy atom. The van der Waals surface area contributed by atoms with Gasteiger partial charge in [0.15, 0.2) is 0 Å². The van der Waals surface area contributed by atoms with E-state index in [4.69, 9.17) is 4.74 Å². The fraction of sp³-hybridized carbons (Fsp3) is 0.409. The minimum absolute atomic E-state index is 0.186. The Labute approximate surface area is 178 Å². The van der Waals surface area contributed by atoms with E-state index >= 15 is 0 Å². The van der Waals surface area contributed by atoms with Crippen LogP contribution in [0.25, 0.3) is 0 Å². The van der Waals surface area contributed by atoms with Crippen LogP contribution in [0, 0.1) is 13.8 Å². The van der Waals surface area contributed by atoms with E-state index in [1.807, 2.05) is 44.2 Å². The Morgan fingerprint density at radius 2 is 1.57 bits per heavy atom. The molecule has 0 radical (unpaired) electrons. The van der Waals surface area contributed by atoms with Crippen molar-refractivity contribution in [2.24, 2.45) is 0 Å². The van der Waals surface area contributed by atoms with Gasteiger partial charge in [-0.1, -0.05) is 6.07 Å². The largest absolute Gasteiger partial charge is 0.497 e. The van der Waals surface area contributed by atoms with E-state index in [1.165, 1.54) is 4.31 Å². The van der Waals surface area contributed by atoms with Crippen LogP contribution in [0.5, 0.6) is 5.75 Å². The molecule has 0 spiro atoms. The standard InChI is InChI=1S/C22H29N3O4S/c1-17-13-18(2)15-20(14-17)25(30(4,27)28)16-22(26)24-11-9-23(10-12-24)19-5-7-21(29-3)8-6-19/h5-8,13-15H,9-12,16H2,1-4H3. The number of ether oxygens (including phenoxy) is 1. The maximum atomic E-state index is 12.9. The number of hydrogen-bond acceptors (Lipinski definition) is 5. The summed E-state index contributed by atoms with van der Waals surface area (Å²) in [5, 5.41) is 0. The second-order valence-electron chi connectivity index (χ2n) is 7.68. The molecule has 1 aliphatic rings. The van der Waals surface area contributed by atoms with Crippen molar-refractivity contribution < 1.29 is 17.9 Å². The first-order chi connectivity index (χ1) is 14.2. The van der Waals surface area contributed by atoms with Crippen LogP contribution >= 0.6 is 0 Å². The Bertz CT molecular complexity index is 977. The van der Waals surface area contributed by atoms with Crippen molar-refractivity contribution in [2.75, 3.05) is 55.3 Å². The fourth-order valence-corrected chi connectivity index (χ4v) is 4.56. The average Bonchev–Trinajstić information content (AvgIpc) is 2.70. The summed E-state index contributed by atoms with van der Waals surface area (Å²) in [5.74, 6) is 0.619. The minimum Gasteiger partial charge on any atom is -0.497 e. The number of rotatable bonds is 6. The minimum atomic E-state index is -3.58. The highest BCUT2D eigenvalue weighted by atomic mass is 32.2. The fourth-order valence-electron chi connectivity index (χ4n) is 3.72. The third-order valence-corrected chi connectivity index (χ3v) is 6.38. The highest BCUT2D eigenvalue weighted by Crippen LogP contribution is 2.23. The number of nitrogens with zero attached hydrogens (tertiary/aromatic N) is 3. The molecule has 0 atom stereocenters. The number of carbonyl (C=O) groups excluding carboxylic acids is 1. The third-order valence-electron chi connectivity index (χ3n) is 5.24. The molecular weight excluding hydrogens is 402 g/mol. The molecular formula is C22H29N3O4S. The van der Waals surface area contributed by atoms with Crippen molar-refractivity contribution >= 4 is 27.3 Å². The van der Waals surface area contributed by atoms with Crippen molar-refractivity contribution in [3.8, 4) is 5.75 Å². The second-order valence-corrected chi connectivity index (χ2v) is 9.59. The topological polar surface area (TPSA) is 70.2 Å². The molecule has 0 aromatic heterocycles. The van der Waals surface area contributed by atoms with E-state index in [0.29, 0.717) is 31.9 Å². The van der Waals surface area contributed by atoms with Gasteiger partial charge in [-0.25, -0.2) is 8.42 Å². The first kappa shape index (κ1) is 22.0. The SMILES string of the molecule is COc1ccc(N2CCN(C(=O)CN(c3cc(C)cc(C)c3)S(C)(=O)=O)CC2)cc1. The summed E-state index contributed by atoms with van der Waals surface area (Å²) in [6, 6.07) is 13.4. The van der Waals surface area contributed by atoms with E-state index in [9.17, 15) is 13.2 Å². The van der Waals surface area contributed by atoms with Gasteiger partial charge < -0.3 is 14.5 Å². The molecule has 0 saturated carbocycles. The van der Waals surface area contributed by atoms with Gasteiger partial charge in [0.1, 0.15) is 12.3 Å². The van der Waals surface area contributed by atoms with Gasteiger partial charge in [0, 0.05) is 31.9 Å². The van der Waals surface area contributed by atoms with Crippen molar-refractivity contribution in [1.82, 2.24) is 4.90 Å². The molecule has 7 nitrogen and oxygen atoms in total. The van der Waals surface area contributed by atoms with Crippen LogP contribution in [0.2, 0.25) is 0 Å². The lowest BCUT2D eigenvalue weighted by atomic mass is 10.1. The lowest BCUT2D eigenvalue weighted by Crippen LogP contribution is -2.52. The number of anilines is 2. The number of carbonyl (C=O) groups is 1. The zero-order chi connectivity index (χ0) is 21.9. The quantitative estimate of drug-likeness (QED) is 0.703. The van der Waals surface area contributed by atoms with E-state index < -0.39 is 10.0 Å². The predicted octanol–water partition coefficient (Wildman–Crippen LogP) is 2.43. The predicted molar refractivity (Wildman–Crippen MR) is 120 cm³/mol. The normalized spacial score (nSPS) is 14.5. The maximum absolute atomic E-state index is 12.9. The van der Waals surface area contributed by atoms with E-state index in [1.54, 1.807) is 24.1 Å². The smallest absolute Gasteiger partial charge is 0.243 e. The Morgan fingerprint density at radius 3 is 2.07 bits per heavy atom. The van der Waals surface area contributed by atoms with Gasteiger partial charge in [0.05, 0.1) is 19.1 Å². The van der Waals surface area contributed by atoms with Gasteiger partial charge in [0.2, 0.25) is 15.9 Å². The number of sulfonamides is 1. The van der Waals surface area contributed by atoms with Gasteiger partial charge in [0.25, 0.3) is 0 Å². The maximum Gasteiger partial charge on any atom is 0.243 e. The summed E-state index contributed by atoms with van der Waals surface area (Å²) < 4.78 is 31.2. The van der Waals surface area contributed by atoms with Crippen LogP contribution in [0.1, 0.15) is 11.1 Å².